The molecule has 0 heterocycles. The zero-order valence-corrected chi connectivity index (χ0v) is 33.2. The highest BCUT2D eigenvalue weighted by molar-refractivity contribution is 5.89. The second-order valence-corrected chi connectivity index (χ2v) is 15.4. The number of guanidine groups is 2. The van der Waals surface area contributed by atoms with E-state index in [2.05, 4.69) is 36.2 Å². The Morgan fingerprint density at radius 3 is 1.31 bits per heavy atom. The smallest absolute Gasteiger partial charge is 0.247 e. The summed E-state index contributed by atoms with van der Waals surface area (Å²) in [7, 11) is 2.39. The lowest BCUT2D eigenvalue weighted by atomic mass is 9.94. The molecule has 9 heteroatoms. The summed E-state index contributed by atoms with van der Waals surface area (Å²) in [6, 6.07) is 0. The van der Waals surface area contributed by atoms with Crippen molar-refractivity contribution in [3.63, 3.8) is 0 Å². The summed E-state index contributed by atoms with van der Waals surface area (Å²) in [5.41, 5.74) is 21.4. The molecule has 49 heavy (non-hydrogen) atoms. The number of likely N-dealkylation sites (N-methyl/N-ethyl adjacent to an activating group) is 1. The fourth-order valence-electron chi connectivity index (χ4n) is 6.93. The average Bonchev–Trinajstić information content (AvgIpc) is 3.05. The molecule has 9 N–H and O–H groups in total. The minimum absolute atomic E-state index is 0.0681. The minimum atomic E-state index is -1.01. The number of carbonyl (C=O) groups is 1. The Morgan fingerprint density at radius 2 is 0.939 bits per heavy atom. The Kier molecular flexibility index (Phi) is 30.6. The summed E-state index contributed by atoms with van der Waals surface area (Å²) in [5.74, 6) is -0.107. The number of unbranched alkanes of at least 4 members (excludes halogenated alkanes) is 23. The van der Waals surface area contributed by atoms with Gasteiger partial charge in [-0.3, -0.25) is 9.79 Å². The van der Waals surface area contributed by atoms with Crippen molar-refractivity contribution >= 4 is 17.8 Å². The van der Waals surface area contributed by atoms with Crippen molar-refractivity contribution in [2.75, 3.05) is 39.8 Å². The number of rotatable bonds is 36. The van der Waals surface area contributed by atoms with Crippen LogP contribution in [0.4, 0.5) is 0 Å². The zero-order valence-electron chi connectivity index (χ0n) is 33.2. The first-order valence-electron chi connectivity index (χ1n) is 20.9. The lowest BCUT2D eigenvalue weighted by molar-refractivity contribution is -0.908. The molecule has 0 aliphatic rings. The molecule has 1 atom stereocenters. The van der Waals surface area contributed by atoms with Crippen molar-refractivity contribution in [2.45, 2.75) is 200 Å². The molecular weight excluding hydrogens is 608 g/mol. The first kappa shape index (κ1) is 47.0. The van der Waals surface area contributed by atoms with Gasteiger partial charge in [-0.05, 0) is 51.9 Å². The summed E-state index contributed by atoms with van der Waals surface area (Å²) in [5, 5.41) is 3.20. The topological polar surface area (TPSA) is 158 Å². The Balaban J connectivity index is 4.77. The predicted octanol–water partition coefficient (Wildman–Crippen LogP) is 8.43. The largest absolute Gasteiger partial charge is 0.370 e. The molecule has 0 saturated carbocycles. The SMILES string of the molecule is CCCCCCCCCCCCCC[N+](C)(CCCCCCCCCCCCCC)CCNC(=O)C(C)(CCCCN=C(N)N)N=C(N)N. The number of hydrogen-bond donors (Lipinski definition) is 5. The molecule has 0 aromatic rings. The number of amides is 1. The Bertz CT molecular complexity index is 797. The molecule has 9 nitrogen and oxygen atoms in total. The first-order chi connectivity index (χ1) is 23.6. The number of nitrogens with two attached hydrogens (primary N) is 4. The van der Waals surface area contributed by atoms with Crippen LogP contribution in [0.2, 0.25) is 0 Å². The highest BCUT2D eigenvalue weighted by Crippen LogP contribution is 2.20. The summed E-state index contributed by atoms with van der Waals surface area (Å²) < 4.78 is 1.01. The van der Waals surface area contributed by atoms with E-state index in [0.717, 1.165) is 23.9 Å². The van der Waals surface area contributed by atoms with Crippen molar-refractivity contribution in [2.24, 2.45) is 32.9 Å². The van der Waals surface area contributed by atoms with Crippen molar-refractivity contribution < 1.29 is 9.28 Å². The third-order valence-electron chi connectivity index (χ3n) is 10.3. The molecule has 0 rings (SSSR count). The van der Waals surface area contributed by atoms with Crippen molar-refractivity contribution in [1.29, 1.82) is 0 Å². The van der Waals surface area contributed by atoms with E-state index in [0.29, 0.717) is 19.5 Å². The van der Waals surface area contributed by atoms with Gasteiger partial charge in [-0.1, -0.05) is 142 Å². The van der Waals surface area contributed by atoms with Crippen LogP contribution in [0.25, 0.3) is 0 Å². The Labute approximate surface area is 304 Å². The molecule has 1 amide bonds. The summed E-state index contributed by atoms with van der Waals surface area (Å²) in [6.45, 7) is 10.8. The molecule has 0 fully saturated rings. The predicted molar refractivity (Wildman–Crippen MR) is 215 cm³/mol. The van der Waals surface area contributed by atoms with Crippen molar-refractivity contribution in [3.05, 3.63) is 0 Å². The van der Waals surface area contributed by atoms with E-state index in [4.69, 9.17) is 22.9 Å². The quantitative estimate of drug-likeness (QED) is 0.0193. The Morgan fingerprint density at radius 1 is 0.551 bits per heavy atom. The fraction of sp³-hybridized carbons (Fsp3) is 0.925. The molecule has 0 aromatic carbocycles. The van der Waals surface area contributed by atoms with Crippen molar-refractivity contribution in [1.82, 2.24) is 5.32 Å². The number of aliphatic imine (C=N–C) groups is 2. The van der Waals surface area contributed by atoms with Gasteiger partial charge in [0, 0.05) is 6.54 Å². The van der Waals surface area contributed by atoms with Gasteiger partial charge < -0.3 is 32.7 Å². The van der Waals surface area contributed by atoms with Gasteiger partial charge in [-0.2, -0.15) is 0 Å². The van der Waals surface area contributed by atoms with Crippen LogP contribution in [0.3, 0.4) is 0 Å². The molecule has 0 aromatic heterocycles. The average molecular weight is 694 g/mol. The van der Waals surface area contributed by atoms with Gasteiger partial charge in [0.1, 0.15) is 5.54 Å². The molecule has 0 radical (unpaired) electrons. The third-order valence-corrected chi connectivity index (χ3v) is 10.3. The van der Waals surface area contributed by atoms with E-state index in [9.17, 15) is 4.79 Å². The fourth-order valence-corrected chi connectivity index (χ4v) is 6.93. The van der Waals surface area contributed by atoms with Crippen molar-refractivity contribution in [3.8, 4) is 0 Å². The monoisotopic (exact) mass is 694 g/mol. The van der Waals surface area contributed by atoms with Gasteiger partial charge in [-0.15, -0.1) is 0 Å². The summed E-state index contributed by atoms with van der Waals surface area (Å²) in [6.07, 6.45) is 34.8. The third kappa shape index (κ3) is 29.4. The number of nitrogens with one attached hydrogen (secondary N) is 1. The summed E-state index contributed by atoms with van der Waals surface area (Å²) >= 11 is 0. The molecule has 0 aliphatic carbocycles. The molecule has 290 valence electrons. The van der Waals surface area contributed by atoms with Crippen LogP contribution in [0.5, 0.6) is 0 Å². The van der Waals surface area contributed by atoms with E-state index in [1.807, 2.05) is 6.92 Å². The van der Waals surface area contributed by atoms with Crippen LogP contribution in [-0.2, 0) is 4.79 Å². The second-order valence-electron chi connectivity index (χ2n) is 15.4. The van der Waals surface area contributed by atoms with Crippen LogP contribution in [0.15, 0.2) is 9.98 Å². The highest BCUT2D eigenvalue weighted by Gasteiger charge is 2.33. The first-order valence-corrected chi connectivity index (χ1v) is 20.9. The number of nitrogens with zero attached hydrogens (tertiary/aromatic N) is 3. The molecule has 0 bridgehead atoms. The van der Waals surface area contributed by atoms with Gasteiger partial charge in [0.2, 0.25) is 5.91 Å². The maximum Gasteiger partial charge on any atom is 0.247 e. The van der Waals surface area contributed by atoms with Crippen LogP contribution in [0.1, 0.15) is 194 Å². The van der Waals surface area contributed by atoms with Gasteiger partial charge in [-0.25, -0.2) is 4.99 Å². The van der Waals surface area contributed by atoms with E-state index < -0.39 is 5.54 Å². The zero-order chi connectivity index (χ0) is 36.5. The standard InChI is InChI=1S/C40H84N8O/c1-5-7-9-11-13-15-17-19-21-23-25-29-34-48(4,35-30-26-24-22-20-18-16-14-12-10-8-6-2)36-33-45-37(49)40(3,47-39(43)44)31-27-28-32-46-38(41)42/h5-36H2,1-4H3,(H8-,41,42,43,44,45,46,47,49)/p+1. The van der Waals surface area contributed by atoms with Crippen LogP contribution >= 0.6 is 0 Å². The van der Waals surface area contributed by atoms with Crippen LogP contribution in [0, 0.1) is 0 Å². The van der Waals surface area contributed by atoms with Gasteiger partial charge >= 0.3 is 0 Å². The molecule has 1 unspecified atom stereocenters. The van der Waals surface area contributed by atoms with E-state index in [-0.39, 0.29) is 17.8 Å². The summed E-state index contributed by atoms with van der Waals surface area (Å²) in [4.78, 5) is 21.8. The van der Waals surface area contributed by atoms with Gasteiger partial charge in [0.15, 0.2) is 11.9 Å². The van der Waals surface area contributed by atoms with E-state index in [1.54, 1.807) is 0 Å². The lowest BCUT2D eigenvalue weighted by Gasteiger charge is -2.35. The normalized spacial score (nSPS) is 12.8. The molecule has 0 spiro atoms. The lowest BCUT2D eigenvalue weighted by Crippen LogP contribution is -2.52. The number of carbonyl (C=O) groups excluding carboxylic acids is 1. The molecular formula is C40H85N8O+. The van der Waals surface area contributed by atoms with Gasteiger partial charge in [0.25, 0.3) is 0 Å². The van der Waals surface area contributed by atoms with Gasteiger partial charge in [0.05, 0.1) is 33.2 Å². The van der Waals surface area contributed by atoms with Crippen LogP contribution < -0.4 is 28.3 Å². The van der Waals surface area contributed by atoms with E-state index in [1.165, 1.54) is 167 Å². The highest BCUT2D eigenvalue weighted by atomic mass is 16.2. The molecule has 0 aliphatic heterocycles. The number of quaternary nitrogens is 1. The second kappa shape index (κ2) is 31.9. The van der Waals surface area contributed by atoms with Crippen LogP contribution in [-0.4, -0.2) is 67.6 Å². The number of hydrogen-bond acceptors (Lipinski definition) is 3. The molecule has 0 saturated heterocycles. The minimum Gasteiger partial charge on any atom is -0.370 e. The maximum absolute atomic E-state index is 13.4. The maximum atomic E-state index is 13.4. The van der Waals surface area contributed by atoms with E-state index >= 15 is 0 Å². The Hall–Kier alpha value is -2.03.